The number of amides is 1. The number of rotatable bonds is 4. The number of hydrogen-bond donors (Lipinski definition) is 0. The van der Waals surface area contributed by atoms with Gasteiger partial charge in [0.2, 0.25) is 0 Å². The standard InChI is InChI=1S/C19H27ClN2O/c20-17-9-7-16(8-10-17)19(23)22-14-5-2-6-18(22)11-15-21-12-3-1-4-13-21/h7-10,18H,1-6,11-15H2. The molecule has 1 aromatic carbocycles. The lowest BCUT2D eigenvalue weighted by Crippen LogP contribution is -2.45. The summed E-state index contributed by atoms with van der Waals surface area (Å²) in [6, 6.07) is 7.71. The third kappa shape index (κ3) is 4.48. The first-order valence-electron chi connectivity index (χ1n) is 9.03. The van der Waals surface area contributed by atoms with Crippen molar-refractivity contribution in [3.8, 4) is 0 Å². The van der Waals surface area contributed by atoms with Gasteiger partial charge in [0, 0.05) is 29.7 Å². The van der Waals surface area contributed by atoms with Crippen molar-refractivity contribution in [1.82, 2.24) is 9.80 Å². The van der Waals surface area contributed by atoms with Gasteiger partial charge in [0.15, 0.2) is 0 Å². The van der Waals surface area contributed by atoms with Crippen molar-refractivity contribution in [2.45, 2.75) is 51.0 Å². The molecule has 0 aliphatic carbocycles. The van der Waals surface area contributed by atoms with E-state index >= 15 is 0 Å². The van der Waals surface area contributed by atoms with Crippen LogP contribution in [0.15, 0.2) is 24.3 Å². The van der Waals surface area contributed by atoms with Gasteiger partial charge < -0.3 is 9.80 Å². The van der Waals surface area contributed by atoms with Gasteiger partial charge in [-0.25, -0.2) is 0 Å². The number of likely N-dealkylation sites (tertiary alicyclic amines) is 2. The summed E-state index contributed by atoms with van der Waals surface area (Å²) in [6.45, 7) is 4.50. The second-order valence-corrected chi connectivity index (χ2v) is 7.28. The molecule has 1 atom stereocenters. The maximum atomic E-state index is 12.8. The van der Waals surface area contributed by atoms with Crippen molar-refractivity contribution in [2.24, 2.45) is 0 Å². The molecule has 4 heteroatoms. The van der Waals surface area contributed by atoms with Crippen molar-refractivity contribution in [1.29, 1.82) is 0 Å². The molecule has 0 bridgehead atoms. The van der Waals surface area contributed by atoms with Gasteiger partial charge >= 0.3 is 0 Å². The Labute approximate surface area is 144 Å². The molecule has 2 fully saturated rings. The predicted molar refractivity (Wildman–Crippen MR) is 95.0 cm³/mol. The average molecular weight is 335 g/mol. The molecule has 2 saturated heterocycles. The molecule has 0 radical (unpaired) electrons. The SMILES string of the molecule is O=C(c1ccc(Cl)cc1)N1CCCCC1CCN1CCCCC1. The van der Waals surface area contributed by atoms with Gasteiger partial charge in [0.05, 0.1) is 0 Å². The molecule has 126 valence electrons. The second kappa shape index (κ2) is 8.16. The van der Waals surface area contributed by atoms with Crippen LogP contribution in [0.5, 0.6) is 0 Å². The smallest absolute Gasteiger partial charge is 0.254 e. The first-order chi connectivity index (χ1) is 11.2. The molecule has 1 aromatic rings. The van der Waals surface area contributed by atoms with E-state index in [-0.39, 0.29) is 5.91 Å². The van der Waals surface area contributed by atoms with Crippen molar-refractivity contribution in [2.75, 3.05) is 26.2 Å². The van der Waals surface area contributed by atoms with Crippen LogP contribution in [0.4, 0.5) is 0 Å². The summed E-state index contributed by atoms with van der Waals surface area (Å²) >= 11 is 5.94. The van der Waals surface area contributed by atoms with E-state index in [0.717, 1.165) is 37.9 Å². The van der Waals surface area contributed by atoms with E-state index in [1.54, 1.807) is 0 Å². The van der Waals surface area contributed by atoms with Crippen LogP contribution in [0.25, 0.3) is 0 Å². The molecule has 2 heterocycles. The highest BCUT2D eigenvalue weighted by molar-refractivity contribution is 6.30. The zero-order chi connectivity index (χ0) is 16.1. The Bertz CT molecular complexity index is 511. The lowest BCUT2D eigenvalue weighted by Gasteiger charge is -2.37. The van der Waals surface area contributed by atoms with E-state index in [9.17, 15) is 4.79 Å². The van der Waals surface area contributed by atoms with Gasteiger partial charge in [-0.3, -0.25) is 4.79 Å². The fourth-order valence-electron chi connectivity index (χ4n) is 3.84. The Kier molecular flexibility index (Phi) is 5.96. The van der Waals surface area contributed by atoms with E-state index in [0.29, 0.717) is 11.1 Å². The highest BCUT2D eigenvalue weighted by Crippen LogP contribution is 2.23. The van der Waals surface area contributed by atoms with Crippen LogP contribution in [-0.4, -0.2) is 47.9 Å². The molecule has 0 N–H and O–H groups in total. The van der Waals surface area contributed by atoms with Crippen LogP contribution >= 0.6 is 11.6 Å². The van der Waals surface area contributed by atoms with E-state index in [1.807, 2.05) is 24.3 Å². The molecule has 0 aromatic heterocycles. The number of carbonyl (C=O) groups excluding carboxylic acids is 1. The normalized spacial score (nSPS) is 23.0. The first kappa shape index (κ1) is 16.8. The lowest BCUT2D eigenvalue weighted by atomic mass is 9.97. The molecule has 3 rings (SSSR count). The molecule has 0 spiro atoms. The first-order valence-corrected chi connectivity index (χ1v) is 9.41. The third-order valence-corrected chi connectivity index (χ3v) is 5.46. The summed E-state index contributed by atoms with van der Waals surface area (Å²) in [5, 5.41) is 0.682. The van der Waals surface area contributed by atoms with Crippen LogP contribution in [0.3, 0.4) is 0 Å². The lowest BCUT2D eigenvalue weighted by molar-refractivity contribution is 0.0579. The number of halogens is 1. The van der Waals surface area contributed by atoms with Crippen LogP contribution in [-0.2, 0) is 0 Å². The maximum Gasteiger partial charge on any atom is 0.254 e. The zero-order valence-electron chi connectivity index (χ0n) is 13.8. The second-order valence-electron chi connectivity index (χ2n) is 6.85. The van der Waals surface area contributed by atoms with E-state index in [4.69, 9.17) is 11.6 Å². The topological polar surface area (TPSA) is 23.6 Å². The molecule has 2 aliphatic rings. The number of benzene rings is 1. The van der Waals surface area contributed by atoms with Crippen LogP contribution in [0.1, 0.15) is 55.3 Å². The van der Waals surface area contributed by atoms with Gasteiger partial charge in [-0.2, -0.15) is 0 Å². The number of piperidine rings is 2. The highest BCUT2D eigenvalue weighted by Gasteiger charge is 2.27. The zero-order valence-corrected chi connectivity index (χ0v) is 14.6. The fourth-order valence-corrected chi connectivity index (χ4v) is 3.97. The quantitative estimate of drug-likeness (QED) is 0.823. The molecular formula is C19H27ClN2O. The van der Waals surface area contributed by atoms with Crippen molar-refractivity contribution in [3.05, 3.63) is 34.9 Å². The summed E-state index contributed by atoms with van der Waals surface area (Å²) in [5.41, 5.74) is 0.763. The number of nitrogens with zero attached hydrogens (tertiary/aromatic N) is 2. The predicted octanol–water partition coefficient (Wildman–Crippen LogP) is 4.21. The largest absolute Gasteiger partial charge is 0.336 e. The minimum Gasteiger partial charge on any atom is -0.336 e. The van der Waals surface area contributed by atoms with E-state index < -0.39 is 0 Å². The van der Waals surface area contributed by atoms with Crippen LogP contribution in [0, 0.1) is 0 Å². The Morgan fingerprint density at radius 1 is 1.00 bits per heavy atom. The number of carbonyl (C=O) groups is 1. The molecule has 23 heavy (non-hydrogen) atoms. The maximum absolute atomic E-state index is 12.8. The minimum absolute atomic E-state index is 0.171. The molecule has 3 nitrogen and oxygen atoms in total. The summed E-state index contributed by atoms with van der Waals surface area (Å²) < 4.78 is 0. The van der Waals surface area contributed by atoms with E-state index in [1.165, 1.54) is 38.8 Å². The van der Waals surface area contributed by atoms with Gasteiger partial charge in [0.1, 0.15) is 0 Å². The molecule has 1 amide bonds. The Morgan fingerprint density at radius 2 is 1.70 bits per heavy atom. The van der Waals surface area contributed by atoms with Crippen LogP contribution < -0.4 is 0 Å². The fraction of sp³-hybridized carbons (Fsp3) is 0.632. The van der Waals surface area contributed by atoms with E-state index in [2.05, 4.69) is 9.80 Å². The molecule has 2 aliphatic heterocycles. The van der Waals surface area contributed by atoms with Gasteiger partial charge in [-0.05, 0) is 75.9 Å². The van der Waals surface area contributed by atoms with Gasteiger partial charge in [-0.1, -0.05) is 18.0 Å². The monoisotopic (exact) mass is 334 g/mol. The molecular weight excluding hydrogens is 308 g/mol. The Hall–Kier alpha value is -1.06. The Balaban J connectivity index is 1.61. The molecule has 0 saturated carbocycles. The third-order valence-electron chi connectivity index (χ3n) is 5.21. The van der Waals surface area contributed by atoms with Gasteiger partial charge in [-0.15, -0.1) is 0 Å². The molecule has 1 unspecified atom stereocenters. The average Bonchev–Trinajstić information content (AvgIpc) is 2.61. The summed E-state index contributed by atoms with van der Waals surface area (Å²) in [5.74, 6) is 0.171. The summed E-state index contributed by atoms with van der Waals surface area (Å²) in [6.07, 6.45) is 8.67. The number of hydrogen-bond acceptors (Lipinski definition) is 2. The Morgan fingerprint density at radius 3 is 2.43 bits per heavy atom. The van der Waals surface area contributed by atoms with Gasteiger partial charge in [0.25, 0.3) is 5.91 Å². The highest BCUT2D eigenvalue weighted by atomic mass is 35.5. The van der Waals surface area contributed by atoms with Crippen molar-refractivity contribution in [3.63, 3.8) is 0 Å². The van der Waals surface area contributed by atoms with Crippen molar-refractivity contribution >= 4 is 17.5 Å². The van der Waals surface area contributed by atoms with Crippen LogP contribution in [0.2, 0.25) is 5.02 Å². The minimum atomic E-state index is 0.171. The summed E-state index contributed by atoms with van der Waals surface area (Å²) in [7, 11) is 0. The summed E-state index contributed by atoms with van der Waals surface area (Å²) in [4.78, 5) is 17.5. The van der Waals surface area contributed by atoms with Crippen molar-refractivity contribution < 1.29 is 4.79 Å².